The van der Waals surface area contributed by atoms with Gasteiger partial charge >= 0.3 is 0 Å². The Balaban J connectivity index is 1.97. The first-order valence-corrected chi connectivity index (χ1v) is 7.61. The lowest BCUT2D eigenvalue weighted by Crippen LogP contribution is -2.40. The molecule has 1 amide bonds. The molecule has 1 heterocycles. The number of nitrogens with zero attached hydrogens (tertiary/aromatic N) is 1. The predicted molar refractivity (Wildman–Crippen MR) is 84.8 cm³/mol. The van der Waals surface area contributed by atoms with Crippen LogP contribution in [0, 0.1) is 19.8 Å². The Morgan fingerprint density at radius 2 is 2.24 bits per heavy atom. The third-order valence-corrected chi connectivity index (χ3v) is 4.10. The molecule has 0 spiro atoms. The second-order valence-electron chi connectivity index (χ2n) is 5.76. The van der Waals surface area contributed by atoms with Gasteiger partial charge in [-0.15, -0.1) is 0 Å². The number of nitrogens with one attached hydrogen (secondary N) is 1. The molecule has 1 aromatic carbocycles. The highest BCUT2D eigenvalue weighted by Gasteiger charge is 2.21. The molecule has 1 saturated heterocycles. The number of amides is 1. The molecular formula is C16H21ClN2O2. The summed E-state index contributed by atoms with van der Waals surface area (Å²) < 4.78 is 0. The first kappa shape index (κ1) is 16.0. The zero-order chi connectivity index (χ0) is 15.4. The molecular weight excluding hydrogens is 288 g/mol. The number of carbonyl (C=O) groups is 2. The molecule has 1 aliphatic rings. The van der Waals surface area contributed by atoms with E-state index in [1.54, 1.807) is 0 Å². The summed E-state index contributed by atoms with van der Waals surface area (Å²) >= 11 is 6.19. The van der Waals surface area contributed by atoms with Crippen molar-refractivity contribution in [2.45, 2.75) is 26.7 Å². The van der Waals surface area contributed by atoms with Crippen molar-refractivity contribution < 1.29 is 9.59 Å². The minimum Gasteiger partial charge on any atom is -0.323 e. The van der Waals surface area contributed by atoms with Crippen LogP contribution in [-0.2, 0) is 9.59 Å². The topological polar surface area (TPSA) is 49.4 Å². The van der Waals surface area contributed by atoms with Crippen molar-refractivity contribution in [2.24, 2.45) is 5.92 Å². The molecule has 0 bridgehead atoms. The highest BCUT2D eigenvalue weighted by molar-refractivity contribution is 6.34. The summed E-state index contributed by atoms with van der Waals surface area (Å²) in [7, 11) is 0. The molecule has 0 radical (unpaired) electrons. The molecule has 5 heteroatoms. The fraction of sp³-hybridized carbons (Fsp3) is 0.500. The van der Waals surface area contributed by atoms with Crippen LogP contribution in [-0.4, -0.2) is 36.7 Å². The van der Waals surface area contributed by atoms with E-state index in [4.69, 9.17) is 11.6 Å². The Morgan fingerprint density at radius 3 is 2.90 bits per heavy atom. The Bertz CT molecular complexity index is 522. The third-order valence-electron chi connectivity index (χ3n) is 3.80. The summed E-state index contributed by atoms with van der Waals surface area (Å²) in [6.07, 6.45) is 2.87. The van der Waals surface area contributed by atoms with E-state index in [1.165, 1.54) is 0 Å². The number of aryl methyl sites for hydroxylation is 2. The minimum absolute atomic E-state index is 0.0521. The molecule has 4 nitrogen and oxygen atoms in total. The lowest BCUT2D eigenvalue weighted by Gasteiger charge is -2.29. The molecule has 1 fully saturated rings. The van der Waals surface area contributed by atoms with Crippen molar-refractivity contribution in [1.29, 1.82) is 0 Å². The zero-order valence-electron chi connectivity index (χ0n) is 12.5. The summed E-state index contributed by atoms with van der Waals surface area (Å²) in [5.41, 5.74) is 2.70. The standard InChI is InChI=1S/C16H21ClN2O2/c1-11-6-12(2)16(14(17)7-11)18-15(21)9-19-5-3-4-13(8-19)10-20/h6-7,10,13H,3-5,8-9H2,1-2H3,(H,18,21). The van der Waals surface area contributed by atoms with Crippen LogP contribution in [0.1, 0.15) is 24.0 Å². The van der Waals surface area contributed by atoms with Crippen LogP contribution in [0.5, 0.6) is 0 Å². The maximum absolute atomic E-state index is 12.2. The van der Waals surface area contributed by atoms with E-state index in [2.05, 4.69) is 5.32 Å². The van der Waals surface area contributed by atoms with Gasteiger partial charge in [0.15, 0.2) is 0 Å². The molecule has 1 N–H and O–H groups in total. The monoisotopic (exact) mass is 308 g/mol. The van der Waals surface area contributed by atoms with E-state index in [-0.39, 0.29) is 11.8 Å². The van der Waals surface area contributed by atoms with E-state index in [1.807, 2.05) is 30.9 Å². The van der Waals surface area contributed by atoms with Gasteiger partial charge in [-0.2, -0.15) is 0 Å². The number of piperidine rings is 1. The lowest BCUT2D eigenvalue weighted by molar-refractivity contribution is -0.119. The largest absolute Gasteiger partial charge is 0.323 e. The van der Waals surface area contributed by atoms with Gasteiger partial charge in [-0.05, 0) is 50.4 Å². The molecule has 1 unspecified atom stereocenters. The zero-order valence-corrected chi connectivity index (χ0v) is 13.2. The lowest BCUT2D eigenvalue weighted by atomic mass is 10.00. The molecule has 21 heavy (non-hydrogen) atoms. The highest BCUT2D eigenvalue weighted by Crippen LogP contribution is 2.27. The third kappa shape index (κ3) is 4.29. The minimum atomic E-state index is -0.0876. The highest BCUT2D eigenvalue weighted by atomic mass is 35.5. The average molecular weight is 309 g/mol. The smallest absolute Gasteiger partial charge is 0.238 e. The second kappa shape index (κ2) is 7.05. The molecule has 0 aromatic heterocycles. The normalized spacial score (nSPS) is 19.3. The predicted octanol–water partition coefficient (Wildman–Crippen LogP) is 2.81. The van der Waals surface area contributed by atoms with Crippen LogP contribution < -0.4 is 5.32 Å². The Labute approximate surface area is 130 Å². The fourth-order valence-corrected chi connectivity index (χ4v) is 3.17. The Morgan fingerprint density at radius 1 is 1.48 bits per heavy atom. The number of halogens is 1. The van der Waals surface area contributed by atoms with E-state index in [0.717, 1.165) is 36.8 Å². The van der Waals surface area contributed by atoms with Crippen LogP contribution in [0.2, 0.25) is 5.02 Å². The van der Waals surface area contributed by atoms with Crippen molar-refractivity contribution in [3.05, 3.63) is 28.3 Å². The van der Waals surface area contributed by atoms with Gasteiger partial charge in [0.05, 0.1) is 17.3 Å². The summed E-state index contributed by atoms with van der Waals surface area (Å²) in [5.74, 6) is -0.0355. The van der Waals surface area contributed by atoms with Crippen LogP contribution in [0.4, 0.5) is 5.69 Å². The molecule has 2 rings (SSSR count). The van der Waals surface area contributed by atoms with E-state index < -0.39 is 0 Å². The second-order valence-corrected chi connectivity index (χ2v) is 6.17. The SMILES string of the molecule is Cc1cc(C)c(NC(=O)CN2CCCC(C=O)C2)c(Cl)c1. The maximum atomic E-state index is 12.2. The number of aldehydes is 1. The molecule has 1 aromatic rings. The summed E-state index contributed by atoms with van der Waals surface area (Å²) in [5, 5.41) is 3.45. The quantitative estimate of drug-likeness (QED) is 0.870. The first-order chi connectivity index (χ1) is 9.99. The van der Waals surface area contributed by atoms with Gasteiger partial charge in [0.1, 0.15) is 6.29 Å². The maximum Gasteiger partial charge on any atom is 0.238 e. The number of hydrogen-bond acceptors (Lipinski definition) is 3. The molecule has 1 atom stereocenters. The number of likely N-dealkylation sites (tertiary alicyclic amines) is 1. The van der Waals surface area contributed by atoms with Gasteiger partial charge in [0.2, 0.25) is 5.91 Å². The number of carbonyl (C=O) groups excluding carboxylic acids is 2. The van der Waals surface area contributed by atoms with Gasteiger partial charge in [-0.25, -0.2) is 0 Å². The van der Waals surface area contributed by atoms with Crippen LogP contribution >= 0.6 is 11.6 Å². The van der Waals surface area contributed by atoms with Gasteiger partial charge in [-0.1, -0.05) is 17.7 Å². The Hall–Kier alpha value is -1.39. The van der Waals surface area contributed by atoms with Crippen LogP contribution in [0.3, 0.4) is 0 Å². The first-order valence-electron chi connectivity index (χ1n) is 7.24. The summed E-state index contributed by atoms with van der Waals surface area (Å²) in [6, 6.07) is 3.83. The summed E-state index contributed by atoms with van der Waals surface area (Å²) in [6.45, 7) is 5.72. The number of hydrogen-bond donors (Lipinski definition) is 1. The number of rotatable bonds is 4. The van der Waals surface area contributed by atoms with Crippen LogP contribution in [0.15, 0.2) is 12.1 Å². The van der Waals surface area contributed by atoms with E-state index in [9.17, 15) is 9.59 Å². The fourth-order valence-electron chi connectivity index (χ4n) is 2.80. The van der Waals surface area contributed by atoms with Crippen molar-refractivity contribution in [2.75, 3.05) is 25.0 Å². The molecule has 1 aliphatic heterocycles. The number of benzene rings is 1. The summed E-state index contributed by atoms with van der Waals surface area (Å²) in [4.78, 5) is 25.0. The van der Waals surface area contributed by atoms with Crippen molar-refractivity contribution in [3.63, 3.8) is 0 Å². The van der Waals surface area contributed by atoms with E-state index >= 15 is 0 Å². The van der Waals surface area contributed by atoms with Crippen molar-refractivity contribution in [1.82, 2.24) is 4.90 Å². The van der Waals surface area contributed by atoms with Crippen LogP contribution in [0.25, 0.3) is 0 Å². The average Bonchev–Trinajstić information content (AvgIpc) is 2.43. The molecule has 0 saturated carbocycles. The van der Waals surface area contributed by atoms with Gasteiger partial charge in [-0.3, -0.25) is 9.69 Å². The van der Waals surface area contributed by atoms with Gasteiger partial charge in [0, 0.05) is 12.5 Å². The molecule has 114 valence electrons. The van der Waals surface area contributed by atoms with E-state index in [0.29, 0.717) is 23.8 Å². The number of anilines is 1. The van der Waals surface area contributed by atoms with Gasteiger partial charge in [0.25, 0.3) is 0 Å². The Kier molecular flexibility index (Phi) is 5.37. The van der Waals surface area contributed by atoms with Crippen molar-refractivity contribution in [3.8, 4) is 0 Å². The molecule has 0 aliphatic carbocycles. The van der Waals surface area contributed by atoms with Crippen molar-refractivity contribution >= 4 is 29.5 Å². The van der Waals surface area contributed by atoms with Gasteiger partial charge < -0.3 is 10.1 Å².